The molecule has 0 aromatic rings. The Labute approximate surface area is 85.7 Å². The summed E-state index contributed by atoms with van der Waals surface area (Å²) in [6.07, 6.45) is 4.62. The van der Waals surface area contributed by atoms with Crippen molar-refractivity contribution < 1.29 is 4.79 Å². The van der Waals surface area contributed by atoms with Crippen LogP contribution in [0.2, 0.25) is 0 Å². The standard InChI is InChI=1S/C11H20N2O/c1-4-8(2)13-10(14)11(3)7-5-6-9(11)12/h4,8-9H,1,5-7,12H2,2-3H3,(H,13,14). The lowest BCUT2D eigenvalue weighted by molar-refractivity contribution is -0.130. The van der Waals surface area contributed by atoms with E-state index in [-0.39, 0.29) is 23.4 Å². The molecule has 1 rings (SSSR count). The molecule has 0 saturated heterocycles. The Bertz CT molecular complexity index is 239. The topological polar surface area (TPSA) is 55.1 Å². The summed E-state index contributed by atoms with van der Waals surface area (Å²) in [5.41, 5.74) is 5.57. The number of nitrogens with one attached hydrogen (secondary N) is 1. The van der Waals surface area contributed by atoms with Gasteiger partial charge in [0.15, 0.2) is 0 Å². The highest BCUT2D eigenvalue weighted by atomic mass is 16.2. The van der Waals surface area contributed by atoms with Gasteiger partial charge in [0, 0.05) is 12.1 Å². The Morgan fingerprint density at radius 1 is 1.79 bits per heavy atom. The van der Waals surface area contributed by atoms with E-state index in [1.165, 1.54) is 0 Å². The number of rotatable bonds is 3. The molecule has 3 heteroatoms. The fourth-order valence-corrected chi connectivity index (χ4v) is 1.91. The summed E-state index contributed by atoms with van der Waals surface area (Å²) < 4.78 is 0. The third kappa shape index (κ3) is 1.98. The van der Waals surface area contributed by atoms with Gasteiger partial charge in [0.25, 0.3) is 0 Å². The summed E-state index contributed by atoms with van der Waals surface area (Å²) >= 11 is 0. The van der Waals surface area contributed by atoms with Crippen LogP contribution in [0.1, 0.15) is 33.1 Å². The van der Waals surface area contributed by atoms with Gasteiger partial charge in [-0.05, 0) is 26.7 Å². The van der Waals surface area contributed by atoms with Crippen LogP contribution < -0.4 is 11.1 Å². The van der Waals surface area contributed by atoms with Gasteiger partial charge in [0.05, 0.1) is 5.41 Å². The highest BCUT2D eigenvalue weighted by Crippen LogP contribution is 2.36. The number of nitrogens with two attached hydrogens (primary N) is 1. The zero-order valence-electron chi connectivity index (χ0n) is 9.05. The van der Waals surface area contributed by atoms with Crippen LogP contribution >= 0.6 is 0 Å². The first-order valence-corrected chi connectivity index (χ1v) is 5.20. The highest BCUT2D eigenvalue weighted by Gasteiger charge is 2.42. The zero-order chi connectivity index (χ0) is 10.8. The van der Waals surface area contributed by atoms with Crippen molar-refractivity contribution in [2.45, 2.75) is 45.2 Å². The quantitative estimate of drug-likeness (QED) is 0.666. The molecular weight excluding hydrogens is 176 g/mol. The van der Waals surface area contributed by atoms with Gasteiger partial charge in [-0.25, -0.2) is 0 Å². The molecule has 3 unspecified atom stereocenters. The lowest BCUT2D eigenvalue weighted by Gasteiger charge is -2.28. The Balaban J connectivity index is 2.63. The number of carbonyl (C=O) groups is 1. The molecule has 1 aliphatic rings. The van der Waals surface area contributed by atoms with E-state index in [2.05, 4.69) is 11.9 Å². The fourth-order valence-electron chi connectivity index (χ4n) is 1.91. The summed E-state index contributed by atoms with van der Waals surface area (Å²) in [4.78, 5) is 11.9. The predicted octanol–water partition coefficient (Wildman–Crippen LogP) is 1.19. The molecule has 1 saturated carbocycles. The summed E-state index contributed by atoms with van der Waals surface area (Å²) in [6, 6.07) is 0.0200. The lowest BCUT2D eigenvalue weighted by Crippen LogP contribution is -2.49. The lowest BCUT2D eigenvalue weighted by atomic mass is 9.84. The molecule has 3 atom stereocenters. The maximum absolute atomic E-state index is 11.9. The van der Waals surface area contributed by atoms with Crippen molar-refractivity contribution in [1.82, 2.24) is 5.32 Å². The minimum atomic E-state index is -0.378. The van der Waals surface area contributed by atoms with Gasteiger partial charge in [0.2, 0.25) is 5.91 Å². The monoisotopic (exact) mass is 196 g/mol. The van der Waals surface area contributed by atoms with Crippen molar-refractivity contribution in [2.75, 3.05) is 0 Å². The first-order chi connectivity index (χ1) is 6.50. The van der Waals surface area contributed by atoms with E-state index in [9.17, 15) is 4.79 Å². The minimum absolute atomic E-state index is 0.000449. The fraction of sp³-hybridized carbons (Fsp3) is 0.727. The van der Waals surface area contributed by atoms with Crippen LogP contribution in [-0.4, -0.2) is 18.0 Å². The van der Waals surface area contributed by atoms with Crippen LogP contribution in [0.25, 0.3) is 0 Å². The molecule has 1 aliphatic carbocycles. The van der Waals surface area contributed by atoms with Crippen molar-refractivity contribution in [3.8, 4) is 0 Å². The van der Waals surface area contributed by atoms with Crippen molar-refractivity contribution in [3.05, 3.63) is 12.7 Å². The van der Waals surface area contributed by atoms with Gasteiger partial charge in [0.1, 0.15) is 0 Å². The molecular formula is C11H20N2O. The largest absolute Gasteiger partial charge is 0.350 e. The Kier molecular flexibility index (Phi) is 3.32. The van der Waals surface area contributed by atoms with E-state index in [1.54, 1.807) is 6.08 Å². The van der Waals surface area contributed by atoms with E-state index in [0.29, 0.717) is 0 Å². The maximum atomic E-state index is 11.9. The highest BCUT2D eigenvalue weighted by molar-refractivity contribution is 5.83. The summed E-state index contributed by atoms with van der Waals surface area (Å²) in [5.74, 6) is 0.0647. The molecule has 0 aromatic heterocycles. The maximum Gasteiger partial charge on any atom is 0.227 e. The molecule has 3 N–H and O–H groups in total. The van der Waals surface area contributed by atoms with Crippen LogP contribution in [0.15, 0.2) is 12.7 Å². The van der Waals surface area contributed by atoms with Crippen LogP contribution in [0.5, 0.6) is 0 Å². The van der Waals surface area contributed by atoms with Crippen LogP contribution in [0, 0.1) is 5.41 Å². The van der Waals surface area contributed by atoms with Crippen molar-refractivity contribution in [3.63, 3.8) is 0 Å². The molecule has 14 heavy (non-hydrogen) atoms. The average Bonchev–Trinajstić information content (AvgIpc) is 2.48. The normalized spacial score (nSPS) is 33.8. The van der Waals surface area contributed by atoms with Crippen molar-refractivity contribution in [1.29, 1.82) is 0 Å². The second-order valence-electron chi connectivity index (χ2n) is 4.41. The van der Waals surface area contributed by atoms with Crippen LogP contribution in [0.3, 0.4) is 0 Å². The van der Waals surface area contributed by atoms with Crippen molar-refractivity contribution in [2.24, 2.45) is 11.1 Å². The second kappa shape index (κ2) is 4.13. The molecule has 0 bridgehead atoms. The van der Waals surface area contributed by atoms with E-state index < -0.39 is 0 Å². The first kappa shape index (κ1) is 11.2. The molecule has 1 amide bonds. The van der Waals surface area contributed by atoms with Gasteiger partial charge in [-0.15, -0.1) is 6.58 Å². The molecule has 0 aliphatic heterocycles. The summed E-state index contributed by atoms with van der Waals surface area (Å²) in [7, 11) is 0. The van der Waals surface area contributed by atoms with Crippen LogP contribution in [0.4, 0.5) is 0 Å². The van der Waals surface area contributed by atoms with Crippen molar-refractivity contribution >= 4 is 5.91 Å². The number of carbonyl (C=O) groups excluding carboxylic acids is 1. The SMILES string of the molecule is C=CC(C)NC(=O)C1(C)CCCC1N. The Hall–Kier alpha value is -0.830. The minimum Gasteiger partial charge on any atom is -0.350 e. The zero-order valence-corrected chi connectivity index (χ0v) is 9.05. The molecule has 0 aromatic carbocycles. The Morgan fingerprint density at radius 3 is 2.86 bits per heavy atom. The molecule has 0 spiro atoms. The van der Waals surface area contributed by atoms with Gasteiger partial charge >= 0.3 is 0 Å². The first-order valence-electron chi connectivity index (χ1n) is 5.20. The molecule has 0 radical (unpaired) electrons. The van der Waals surface area contributed by atoms with Gasteiger partial charge in [-0.2, -0.15) is 0 Å². The molecule has 3 nitrogen and oxygen atoms in total. The van der Waals surface area contributed by atoms with E-state index in [0.717, 1.165) is 19.3 Å². The van der Waals surface area contributed by atoms with Gasteiger partial charge in [-0.3, -0.25) is 4.79 Å². The Morgan fingerprint density at radius 2 is 2.43 bits per heavy atom. The van der Waals surface area contributed by atoms with E-state index in [4.69, 9.17) is 5.73 Å². The number of hydrogen-bond acceptors (Lipinski definition) is 2. The molecule has 80 valence electrons. The van der Waals surface area contributed by atoms with Gasteiger partial charge < -0.3 is 11.1 Å². The summed E-state index contributed by atoms with van der Waals surface area (Å²) in [6.45, 7) is 7.50. The third-order valence-electron chi connectivity index (χ3n) is 3.26. The van der Waals surface area contributed by atoms with Gasteiger partial charge in [-0.1, -0.05) is 12.5 Å². The smallest absolute Gasteiger partial charge is 0.227 e. The van der Waals surface area contributed by atoms with E-state index >= 15 is 0 Å². The second-order valence-corrected chi connectivity index (χ2v) is 4.41. The molecule has 0 heterocycles. The number of amides is 1. The number of hydrogen-bond donors (Lipinski definition) is 2. The predicted molar refractivity (Wildman–Crippen MR) is 57.7 cm³/mol. The molecule has 1 fully saturated rings. The third-order valence-corrected chi connectivity index (χ3v) is 3.26. The van der Waals surface area contributed by atoms with E-state index in [1.807, 2.05) is 13.8 Å². The average molecular weight is 196 g/mol. The summed E-state index contributed by atoms with van der Waals surface area (Å²) in [5, 5.41) is 2.91. The van der Waals surface area contributed by atoms with Crippen LogP contribution in [-0.2, 0) is 4.79 Å².